The van der Waals surface area contributed by atoms with Gasteiger partial charge in [-0.25, -0.2) is 0 Å². The topological polar surface area (TPSA) is 57.9 Å². The van der Waals surface area contributed by atoms with Crippen molar-refractivity contribution < 1.29 is 4.74 Å². The summed E-state index contributed by atoms with van der Waals surface area (Å²) in [6, 6.07) is 9.01. The van der Waals surface area contributed by atoms with E-state index in [1.807, 2.05) is 25.0 Å². The third-order valence-electron chi connectivity index (χ3n) is 7.07. The Morgan fingerprint density at radius 2 is 1.97 bits per heavy atom. The summed E-state index contributed by atoms with van der Waals surface area (Å²) in [5.74, 6) is 3.16. The van der Waals surface area contributed by atoms with Crippen molar-refractivity contribution in [2.24, 2.45) is 23.9 Å². The fraction of sp³-hybridized carbons (Fsp3) is 0.600. The first kappa shape index (κ1) is 25.8. The van der Waals surface area contributed by atoms with Crippen LogP contribution in [0.4, 0.5) is 0 Å². The number of benzene rings is 1. The van der Waals surface area contributed by atoms with E-state index >= 15 is 0 Å². The largest absolute Gasteiger partial charge is 0.497 e. The number of methoxy groups -OCH3 is 1. The van der Waals surface area contributed by atoms with Gasteiger partial charge in [0, 0.05) is 46.0 Å². The van der Waals surface area contributed by atoms with Crippen LogP contribution in [-0.2, 0) is 13.5 Å². The summed E-state index contributed by atoms with van der Waals surface area (Å²) in [6.07, 6.45) is 8.90. The molecule has 2 aromatic rings. The summed E-state index contributed by atoms with van der Waals surface area (Å²) in [7, 11) is 7.86. The number of nitrogens with zero attached hydrogens (tertiary/aromatic N) is 5. The molecule has 7 nitrogen and oxygen atoms in total. The predicted molar refractivity (Wildman–Crippen MR) is 144 cm³/mol. The van der Waals surface area contributed by atoms with Gasteiger partial charge < -0.3 is 15.0 Å². The molecule has 0 amide bonds. The fourth-order valence-corrected chi connectivity index (χ4v) is 5.46. The molecule has 1 aromatic carbocycles. The van der Waals surface area contributed by atoms with Crippen LogP contribution >= 0.6 is 24.0 Å². The smallest absolute Gasteiger partial charge is 0.193 e. The van der Waals surface area contributed by atoms with Crippen LogP contribution < -0.4 is 10.1 Å². The molecule has 2 saturated heterocycles. The summed E-state index contributed by atoms with van der Waals surface area (Å²) in [4.78, 5) is 9.55. The molecule has 3 heterocycles. The number of piperidine rings is 1. The number of hydrogen-bond acceptors (Lipinski definition) is 4. The lowest BCUT2D eigenvalue weighted by atomic mass is 9.85. The minimum atomic E-state index is 0. The highest BCUT2D eigenvalue weighted by molar-refractivity contribution is 14.0. The fourth-order valence-electron chi connectivity index (χ4n) is 5.46. The highest BCUT2D eigenvalue weighted by Crippen LogP contribution is 2.35. The monoisotopic (exact) mass is 566 g/mol. The summed E-state index contributed by atoms with van der Waals surface area (Å²) < 4.78 is 7.25. The van der Waals surface area contributed by atoms with Crippen LogP contribution in [0.2, 0.25) is 0 Å². The molecule has 3 unspecified atom stereocenters. The maximum Gasteiger partial charge on any atom is 0.193 e. The molecule has 0 bridgehead atoms. The Balaban J connectivity index is 0.00000306. The minimum Gasteiger partial charge on any atom is -0.497 e. The number of nitrogens with one attached hydrogen (secondary N) is 1. The zero-order valence-electron chi connectivity index (χ0n) is 20.4. The summed E-state index contributed by atoms with van der Waals surface area (Å²) >= 11 is 0. The van der Waals surface area contributed by atoms with E-state index in [-0.39, 0.29) is 24.0 Å². The van der Waals surface area contributed by atoms with E-state index in [1.54, 1.807) is 7.11 Å². The number of ether oxygens (including phenoxy) is 1. The van der Waals surface area contributed by atoms with Gasteiger partial charge >= 0.3 is 0 Å². The lowest BCUT2D eigenvalue weighted by Gasteiger charge is -2.40. The van der Waals surface area contributed by atoms with Gasteiger partial charge in [0.05, 0.1) is 13.3 Å². The molecule has 1 aromatic heterocycles. The molecule has 4 rings (SSSR count). The number of aliphatic imine (C=N–C) groups is 1. The van der Waals surface area contributed by atoms with Gasteiger partial charge in [-0.3, -0.25) is 14.6 Å². The van der Waals surface area contributed by atoms with E-state index in [1.165, 1.54) is 30.4 Å². The minimum absolute atomic E-state index is 0. The number of guanidine groups is 1. The van der Waals surface area contributed by atoms with E-state index < -0.39 is 0 Å². The van der Waals surface area contributed by atoms with Crippen molar-refractivity contribution in [3.05, 3.63) is 47.8 Å². The highest BCUT2D eigenvalue weighted by atomic mass is 127. The maximum atomic E-state index is 5.36. The predicted octanol–water partition coefficient (Wildman–Crippen LogP) is 3.57. The molecule has 3 atom stereocenters. The van der Waals surface area contributed by atoms with Crippen molar-refractivity contribution >= 4 is 29.9 Å². The Labute approximate surface area is 215 Å². The molecule has 0 saturated carbocycles. The Kier molecular flexibility index (Phi) is 9.43. The molecule has 1 N–H and O–H groups in total. The van der Waals surface area contributed by atoms with E-state index in [4.69, 9.17) is 4.74 Å². The number of aromatic nitrogens is 2. The summed E-state index contributed by atoms with van der Waals surface area (Å²) in [5, 5.41) is 8.03. The lowest BCUT2D eigenvalue weighted by Crippen LogP contribution is -2.46. The van der Waals surface area contributed by atoms with E-state index in [0.29, 0.717) is 17.9 Å². The quantitative estimate of drug-likeness (QED) is 0.329. The van der Waals surface area contributed by atoms with Gasteiger partial charge in [0.15, 0.2) is 5.96 Å². The Morgan fingerprint density at radius 1 is 1.18 bits per heavy atom. The molecule has 2 fully saturated rings. The molecule has 2 aliphatic heterocycles. The molecular formula is C25H39IN6O. The zero-order chi connectivity index (χ0) is 22.5. The van der Waals surface area contributed by atoms with Crippen LogP contribution in [0.25, 0.3) is 0 Å². The lowest BCUT2D eigenvalue weighted by molar-refractivity contribution is 0.122. The van der Waals surface area contributed by atoms with Crippen molar-refractivity contribution in [2.45, 2.75) is 31.7 Å². The van der Waals surface area contributed by atoms with E-state index in [9.17, 15) is 0 Å². The Morgan fingerprint density at radius 3 is 2.64 bits per heavy atom. The van der Waals surface area contributed by atoms with Crippen LogP contribution in [-0.4, -0.2) is 72.9 Å². The van der Waals surface area contributed by atoms with Crippen molar-refractivity contribution in [3.8, 4) is 5.75 Å². The summed E-state index contributed by atoms with van der Waals surface area (Å²) in [5.41, 5.74) is 2.70. The van der Waals surface area contributed by atoms with Gasteiger partial charge in [-0.1, -0.05) is 12.1 Å². The average molecular weight is 567 g/mol. The van der Waals surface area contributed by atoms with Crippen molar-refractivity contribution in [3.63, 3.8) is 0 Å². The van der Waals surface area contributed by atoms with Gasteiger partial charge in [-0.15, -0.1) is 24.0 Å². The molecule has 2 aliphatic rings. The van der Waals surface area contributed by atoms with Crippen molar-refractivity contribution in [1.82, 2.24) is 24.9 Å². The SMILES string of the molecule is CN=C(NCC1CCCN(C)C1c1ccc(OC)cc1)N1CCC(Cc2cnn(C)c2)C1.I. The highest BCUT2D eigenvalue weighted by Gasteiger charge is 2.31. The van der Waals surface area contributed by atoms with E-state index in [2.05, 4.69) is 62.7 Å². The third-order valence-corrected chi connectivity index (χ3v) is 7.07. The van der Waals surface area contributed by atoms with E-state index in [0.717, 1.165) is 44.3 Å². The summed E-state index contributed by atoms with van der Waals surface area (Å²) in [6.45, 7) is 4.21. The number of halogens is 1. The van der Waals surface area contributed by atoms with Crippen LogP contribution in [0.15, 0.2) is 41.7 Å². The van der Waals surface area contributed by atoms with Gasteiger partial charge in [-0.05, 0) is 74.4 Å². The Hall–Kier alpha value is -1.81. The number of aryl methyl sites for hydroxylation is 1. The standard InChI is InChI=1S/C25H38N6O.HI/c1-26-25(31-13-11-19(18-31)14-20-15-28-30(3)17-20)27-16-22-6-5-12-29(2)24(22)21-7-9-23(32-4)10-8-21;/h7-10,15,17,19,22,24H,5-6,11-14,16,18H2,1-4H3,(H,26,27);1H. The molecule has 0 aliphatic carbocycles. The normalized spacial score (nSPS) is 23.9. The van der Waals surface area contributed by atoms with Crippen molar-refractivity contribution in [2.75, 3.05) is 47.4 Å². The molecule has 182 valence electrons. The number of hydrogen-bond donors (Lipinski definition) is 1. The van der Waals surface area contributed by atoms with Crippen molar-refractivity contribution in [1.29, 1.82) is 0 Å². The first-order chi connectivity index (χ1) is 15.6. The van der Waals surface area contributed by atoms with Gasteiger partial charge in [0.2, 0.25) is 0 Å². The van der Waals surface area contributed by atoms with Gasteiger partial charge in [0.25, 0.3) is 0 Å². The molecule has 33 heavy (non-hydrogen) atoms. The van der Waals surface area contributed by atoms with Crippen LogP contribution in [0.1, 0.15) is 36.4 Å². The number of likely N-dealkylation sites (tertiary alicyclic amines) is 2. The molecule has 0 radical (unpaired) electrons. The second-order valence-corrected chi connectivity index (χ2v) is 9.36. The second-order valence-electron chi connectivity index (χ2n) is 9.36. The molecular weight excluding hydrogens is 527 g/mol. The van der Waals surface area contributed by atoms with Gasteiger partial charge in [-0.2, -0.15) is 5.10 Å². The Bertz CT molecular complexity index is 899. The van der Waals surface area contributed by atoms with Crippen LogP contribution in [0, 0.1) is 11.8 Å². The first-order valence-corrected chi connectivity index (χ1v) is 11.8. The average Bonchev–Trinajstić information content (AvgIpc) is 3.43. The molecule has 8 heteroatoms. The van der Waals surface area contributed by atoms with Gasteiger partial charge in [0.1, 0.15) is 5.75 Å². The first-order valence-electron chi connectivity index (χ1n) is 11.8. The van der Waals surface area contributed by atoms with Crippen LogP contribution in [0.5, 0.6) is 5.75 Å². The molecule has 0 spiro atoms. The maximum absolute atomic E-state index is 5.36. The second kappa shape index (κ2) is 12.1. The zero-order valence-corrected chi connectivity index (χ0v) is 22.7. The van der Waals surface area contributed by atoms with Crippen LogP contribution in [0.3, 0.4) is 0 Å². The number of rotatable bonds is 6. The third kappa shape index (κ3) is 6.41.